The van der Waals surface area contributed by atoms with E-state index in [0.29, 0.717) is 23.5 Å². The van der Waals surface area contributed by atoms with Crippen LogP contribution >= 0.6 is 15.9 Å². The van der Waals surface area contributed by atoms with Gasteiger partial charge < -0.3 is 24.4 Å². The predicted octanol–water partition coefficient (Wildman–Crippen LogP) is 5.46. The molecule has 3 aliphatic heterocycles. The molecule has 0 unspecified atom stereocenters. The fourth-order valence-electron chi connectivity index (χ4n) is 7.90. The molecule has 0 bridgehead atoms. The Morgan fingerprint density at radius 1 is 1.11 bits per heavy atom. The molecule has 11 heteroatoms. The van der Waals surface area contributed by atoms with Gasteiger partial charge in [0.2, 0.25) is 12.3 Å². The number of hydrogen-bond donors (Lipinski definition) is 2. The lowest BCUT2D eigenvalue weighted by Crippen LogP contribution is -2.46. The third kappa shape index (κ3) is 5.62. The highest BCUT2D eigenvalue weighted by molar-refractivity contribution is 9.10. The van der Waals surface area contributed by atoms with E-state index in [4.69, 9.17) is 4.74 Å². The van der Waals surface area contributed by atoms with E-state index in [0.717, 1.165) is 35.0 Å². The summed E-state index contributed by atoms with van der Waals surface area (Å²) in [6.07, 6.45) is 1.73. The van der Waals surface area contributed by atoms with Crippen LogP contribution in [-0.2, 0) is 31.3 Å². The molecule has 242 valence electrons. The Morgan fingerprint density at radius 3 is 2.54 bits per heavy atom. The molecule has 3 aromatic rings. The van der Waals surface area contributed by atoms with Crippen molar-refractivity contribution in [1.82, 2.24) is 4.90 Å². The van der Waals surface area contributed by atoms with Gasteiger partial charge in [0, 0.05) is 39.4 Å². The lowest BCUT2D eigenvalue weighted by Gasteiger charge is -2.33. The van der Waals surface area contributed by atoms with Gasteiger partial charge in [-0.25, -0.2) is 0 Å². The van der Waals surface area contributed by atoms with Crippen LogP contribution in [0.5, 0.6) is 0 Å². The van der Waals surface area contributed by atoms with E-state index in [1.807, 2.05) is 92.8 Å². The van der Waals surface area contributed by atoms with Gasteiger partial charge in [-0.2, -0.15) is 0 Å². The van der Waals surface area contributed by atoms with Gasteiger partial charge >= 0.3 is 0 Å². The van der Waals surface area contributed by atoms with Gasteiger partial charge in [0.25, 0.3) is 5.91 Å². The minimum absolute atomic E-state index is 0.0317. The summed E-state index contributed by atoms with van der Waals surface area (Å²) in [5, 5.41) is 9.84. The van der Waals surface area contributed by atoms with Crippen LogP contribution in [0.1, 0.15) is 37.3 Å². The number of aliphatic hydroxyl groups is 1. The summed E-state index contributed by atoms with van der Waals surface area (Å²) in [4.78, 5) is 57.1. The van der Waals surface area contributed by atoms with Crippen LogP contribution in [0.25, 0.3) is 0 Å². The zero-order valence-electron chi connectivity index (χ0n) is 26.3. The van der Waals surface area contributed by atoms with Gasteiger partial charge in [0.1, 0.15) is 0 Å². The molecule has 0 radical (unpaired) electrons. The van der Waals surface area contributed by atoms with Gasteiger partial charge in [-0.15, -0.1) is 0 Å². The minimum atomic E-state index is -2.96. The minimum Gasteiger partial charge on any atom is -0.432 e. The first-order valence-corrected chi connectivity index (χ1v) is 19.6. The molecule has 2 fully saturated rings. The average molecular weight is 707 g/mol. The SMILES string of the molecule is C[C@H]1[C@H]([Si](C)(C)O)[C@@H](CC(=O)N2CCC[C@H]2CO)O[C@]12C(=O)N(Cc1cccc(N(C=O)c3ccccc3)c1)c1ccc(Br)cc12. The lowest BCUT2D eigenvalue weighted by molar-refractivity contribution is -0.150. The summed E-state index contributed by atoms with van der Waals surface area (Å²) < 4.78 is 7.65. The monoisotopic (exact) mass is 705 g/mol. The van der Waals surface area contributed by atoms with Crippen LogP contribution < -0.4 is 9.80 Å². The molecule has 3 aliphatic rings. The number of carbonyl (C=O) groups is 3. The first-order valence-electron chi connectivity index (χ1n) is 15.8. The second-order valence-corrected chi connectivity index (χ2v) is 18.1. The number of carbonyl (C=O) groups excluding carboxylic acids is 3. The van der Waals surface area contributed by atoms with Gasteiger partial charge in [0.05, 0.1) is 37.4 Å². The van der Waals surface area contributed by atoms with Crippen LogP contribution in [0, 0.1) is 5.92 Å². The molecule has 0 aromatic heterocycles. The third-order valence-electron chi connectivity index (χ3n) is 9.90. The molecule has 9 nitrogen and oxygen atoms in total. The zero-order valence-corrected chi connectivity index (χ0v) is 28.9. The first-order chi connectivity index (χ1) is 22.0. The Morgan fingerprint density at radius 2 is 1.85 bits per heavy atom. The van der Waals surface area contributed by atoms with E-state index in [1.165, 1.54) is 0 Å². The summed E-state index contributed by atoms with van der Waals surface area (Å²) >= 11 is 3.60. The van der Waals surface area contributed by atoms with Crippen molar-refractivity contribution >= 4 is 59.5 Å². The summed E-state index contributed by atoms with van der Waals surface area (Å²) in [5.41, 5.74) is 1.88. The highest BCUT2D eigenvalue weighted by atomic mass is 79.9. The maximum atomic E-state index is 14.8. The third-order valence-corrected chi connectivity index (χ3v) is 12.9. The fourth-order valence-corrected chi connectivity index (χ4v) is 10.8. The highest BCUT2D eigenvalue weighted by Crippen LogP contribution is 2.60. The van der Waals surface area contributed by atoms with Crippen LogP contribution in [0.15, 0.2) is 77.3 Å². The number of nitrogens with zero attached hydrogens (tertiary/aromatic N) is 3. The van der Waals surface area contributed by atoms with E-state index in [2.05, 4.69) is 15.9 Å². The normalized spacial score (nSPS) is 25.7. The fraction of sp³-hybridized carbons (Fsp3) is 0.400. The molecule has 0 aliphatic carbocycles. The van der Waals surface area contributed by atoms with Crippen LogP contribution in [0.3, 0.4) is 0 Å². The zero-order chi connectivity index (χ0) is 32.8. The van der Waals surface area contributed by atoms with E-state index in [-0.39, 0.29) is 37.4 Å². The summed E-state index contributed by atoms with van der Waals surface area (Å²) in [5.74, 6) is -0.771. The van der Waals surface area contributed by atoms with Crippen molar-refractivity contribution in [3.8, 4) is 0 Å². The Kier molecular flexibility index (Phi) is 8.99. The number of aliphatic hydroxyl groups excluding tert-OH is 1. The summed E-state index contributed by atoms with van der Waals surface area (Å²) in [6, 6.07) is 22.4. The molecule has 3 heterocycles. The number of ether oxygens (including phenoxy) is 1. The second kappa shape index (κ2) is 12.7. The van der Waals surface area contributed by atoms with E-state index in [9.17, 15) is 24.3 Å². The summed E-state index contributed by atoms with van der Waals surface area (Å²) in [7, 11) is -2.96. The van der Waals surface area contributed by atoms with Crippen molar-refractivity contribution in [3.63, 3.8) is 0 Å². The molecule has 5 atom stereocenters. The first kappa shape index (κ1) is 32.6. The van der Waals surface area contributed by atoms with Gasteiger partial charge in [-0.05, 0) is 74.0 Å². The predicted molar refractivity (Wildman–Crippen MR) is 182 cm³/mol. The van der Waals surface area contributed by atoms with Crippen molar-refractivity contribution < 1.29 is 29.0 Å². The number of rotatable bonds is 9. The quantitative estimate of drug-likeness (QED) is 0.226. The van der Waals surface area contributed by atoms with Crippen molar-refractivity contribution in [1.29, 1.82) is 0 Å². The van der Waals surface area contributed by atoms with Gasteiger partial charge in [-0.3, -0.25) is 19.3 Å². The Balaban J connectivity index is 1.35. The molecule has 3 aromatic carbocycles. The molecule has 2 saturated heterocycles. The van der Waals surface area contributed by atoms with Gasteiger partial charge in [-0.1, -0.05) is 53.2 Å². The molecule has 46 heavy (non-hydrogen) atoms. The van der Waals surface area contributed by atoms with Crippen molar-refractivity contribution in [3.05, 3.63) is 88.4 Å². The average Bonchev–Trinajstić information content (AvgIpc) is 3.69. The standard InChI is InChI=1S/C35H40BrN3O6Si/c1-23-33(46(2,3)44)31(19-32(42)37-16-8-13-28(37)21-40)45-35(23)29-18-25(36)14-15-30(29)38(34(35)43)20-24-9-7-12-27(17-24)39(22-41)26-10-5-4-6-11-26/h4-7,9-12,14-15,17-18,22-23,28,31,33,40,44H,8,13,16,19-21H2,1-3H3/t23-,28-,31+,33-,35+/m0/s1. The molecule has 6 rings (SSSR count). The van der Waals surface area contributed by atoms with Crippen LogP contribution in [0.2, 0.25) is 18.6 Å². The number of benzene rings is 3. The molecule has 2 N–H and O–H groups in total. The smallest absolute Gasteiger partial charge is 0.264 e. The van der Waals surface area contributed by atoms with Crippen molar-refractivity contribution in [2.24, 2.45) is 5.92 Å². The van der Waals surface area contributed by atoms with E-state index < -0.39 is 31.5 Å². The lowest BCUT2D eigenvalue weighted by atomic mass is 9.82. The number of likely N-dealkylation sites (tertiary alicyclic amines) is 1. The van der Waals surface area contributed by atoms with Crippen molar-refractivity contribution in [2.75, 3.05) is 23.0 Å². The number of fused-ring (bicyclic) bond motifs is 2. The number of hydrogen-bond acceptors (Lipinski definition) is 6. The Hall–Kier alpha value is -3.35. The highest BCUT2D eigenvalue weighted by Gasteiger charge is 2.66. The second-order valence-electron chi connectivity index (χ2n) is 13.2. The molecule has 0 saturated carbocycles. The number of halogens is 1. The largest absolute Gasteiger partial charge is 0.432 e. The topological polar surface area (TPSA) is 111 Å². The molecule has 1 spiro atoms. The Labute approximate surface area is 279 Å². The summed E-state index contributed by atoms with van der Waals surface area (Å²) in [6.45, 7) is 6.37. The molecular weight excluding hydrogens is 666 g/mol. The number of anilines is 3. The number of amides is 3. The van der Waals surface area contributed by atoms with E-state index in [1.54, 1.807) is 14.7 Å². The number of para-hydroxylation sites is 1. The van der Waals surface area contributed by atoms with Crippen molar-refractivity contribution in [2.45, 2.75) is 69.1 Å². The van der Waals surface area contributed by atoms with Gasteiger partial charge in [0.15, 0.2) is 13.9 Å². The van der Waals surface area contributed by atoms with E-state index >= 15 is 0 Å². The maximum absolute atomic E-state index is 14.8. The molecule has 3 amide bonds. The van der Waals surface area contributed by atoms with Crippen LogP contribution in [0.4, 0.5) is 17.1 Å². The Bertz CT molecular complexity index is 1630. The molecular formula is C35H40BrN3O6Si. The maximum Gasteiger partial charge on any atom is 0.264 e. The van der Waals surface area contributed by atoms with Crippen LogP contribution in [-0.4, -0.2) is 66.6 Å².